The molecule has 20 heavy (non-hydrogen) atoms. The van der Waals surface area contributed by atoms with Gasteiger partial charge in [-0.1, -0.05) is 24.3 Å². The summed E-state index contributed by atoms with van der Waals surface area (Å²) in [6.45, 7) is 2.35. The van der Waals surface area contributed by atoms with Crippen molar-refractivity contribution in [3.63, 3.8) is 0 Å². The molecular weight excluding hydrogens is 256 g/mol. The first-order valence-electron chi connectivity index (χ1n) is 7.03. The van der Waals surface area contributed by atoms with Gasteiger partial charge in [-0.25, -0.2) is 0 Å². The number of rotatable bonds is 2. The second-order valence-corrected chi connectivity index (χ2v) is 5.89. The standard InChI is InChI=1S/C16H20O4/c1-16(9-15(17)18-2)10-19-13-7-11-5-3-4-6-12(11)8-14(13)20-16/h3-6,13-14H,7-10H2,1-2H3/t13-,14-,16-/m1/s1. The zero-order valence-corrected chi connectivity index (χ0v) is 11.9. The molecule has 0 unspecified atom stereocenters. The highest BCUT2D eigenvalue weighted by atomic mass is 16.6. The molecule has 1 aliphatic carbocycles. The van der Waals surface area contributed by atoms with Crippen LogP contribution in [-0.2, 0) is 31.8 Å². The van der Waals surface area contributed by atoms with E-state index in [-0.39, 0.29) is 24.6 Å². The first-order chi connectivity index (χ1) is 9.59. The molecule has 1 aliphatic heterocycles. The molecule has 108 valence electrons. The Labute approximate surface area is 119 Å². The molecule has 1 heterocycles. The molecule has 1 fully saturated rings. The van der Waals surface area contributed by atoms with Gasteiger partial charge in [0.2, 0.25) is 0 Å². The second-order valence-electron chi connectivity index (χ2n) is 5.89. The molecule has 0 saturated carbocycles. The summed E-state index contributed by atoms with van der Waals surface area (Å²) in [6.07, 6.45) is 2.07. The summed E-state index contributed by atoms with van der Waals surface area (Å²) in [5.41, 5.74) is 2.08. The third-order valence-electron chi connectivity index (χ3n) is 4.16. The van der Waals surface area contributed by atoms with Crippen LogP contribution in [-0.4, -0.2) is 37.5 Å². The molecule has 0 amide bonds. The minimum absolute atomic E-state index is 0.0216. The molecular formula is C16H20O4. The fraction of sp³-hybridized carbons (Fsp3) is 0.562. The van der Waals surface area contributed by atoms with E-state index in [1.165, 1.54) is 18.2 Å². The minimum Gasteiger partial charge on any atom is -0.469 e. The summed E-state index contributed by atoms with van der Waals surface area (Å²) in [7, 11) is 1.40. The van der Waals surface area contributed by atoms with Gasteiger partial charge in [0, 0.05) is 12.8 Å². The lowest BCUT2D eigenvalue weighted by Crippen LogP contribution is -2.54. The van der Waals surface area contributed by atoms with Gasteiger partial charge in [-0.2, -0.15) is 0 Å². The smallest absolute Gasteiger partial charge is 0.308 e. The SMILES string of the molecule is COC(=O)C[C@]1(C)CO[C@@H]2Cc3ccccc3C[C@H]2O1. The Morgan fingerprint density at radius 2 is 1.95 bits per heavy atom. The minimum atomic E-state index is -0.583. The first kappa shape index (κ1) is 13.6. The number of methoxy groups -OCH3 is 1. The zero-order chi connectivity index (χ0) is 14.2. The maximum Gasteiger partial charge on any atom is 0.308 e. The average molecular weight is 276 g/mol. The Morgan fingerprint density at radius 1 is 1.30 bits per heavy atom. The molecule has 4 nitrogen and oxygen atoms in total. The molecule has 0 N–H and O–H groups in total. The molecule has 0 bridgehead atoms. The van der Waals surface area contributed by atoms with Crippen molar-refractivity contribution >= 4 is 5.97 Å². The van der Waals surface area contributed by atoms with E-state index < -0.39 is 5.60 Å². The zero-order valence-electron chi connectivity index (χ0n) is 11.9. The summed E-state index contributed by atoms with van der Waals surface area (Å²) >= 11 is 0. The van der Waals surface area contributed by atoms with Crippen LogP contribution in [0.2, 0.25) is 0 Å². The van der Waals surface area contributed by atoms with Gasteiger partial charge in [-0.3, -0.25) is 4.79 Å². The lowest BCUT2D eigenvalue weighted by molar-refractivity contribution is -0.230. The van der Waals surface area contributed by atoms with Crippen LogP contribution >= 0.6 is 0 Å². The van der Waals surface area contributed by atoms with Gasteiger partial charge in [-0.15, -0.1) is 0 Å². The Bertz CT molecular complexity index is 513. The monoisotopic (exact) mass is 276 g/mol. The van der Waals surface area contributed by atoms with Gasteiger partial charge in [0.25, 0.3) is 0 Å². The molecule has 4 heteroatoms. The molecule has 3 rings (SSSR count). The number of esters is 1. The van der Waals surface area contributed by atoms with Crippen molar-refractivity contribution in [1.29, 1.82) is 0 Å². The quantitative estimate of drug-likeness (QED) is 0.774. The first-order valence-corrected chi connectivity index (χ1v) is 7.03. The maximum atomic E-state index is 11.5. The number of benzene rings is 1. The molecule has 1 aromatic carbocycles. The van der Waals surface area contributed by atoms with Crippen molar-refractivity contribution < 1.29 is 19.0 Å². The van der Waals surface area contributed by atoms with Crippen molar-refractivity contribution in [3.8, 4) is 0 Å². The number of fused-ring (bicyclic) bond motifs is 2. The number of hydrogen-bond acceptors (Lipinski definition) is 4. The predicted molar refractivity (Wildman–Crippen MR) is 73.5 cm³/mol. The Balaban J connectivity index is 1.74. The highest BCUT2D eigenvalue weighted by Crippen LogP contribution is 2.34. The third-order valence-corrected chi connectivity index (χ3v) is 4.16. The topological polar surface area (TPSA) is 44.8 Å². The number of carbonyl (C=O) groups is 1. The van der Waals surface area contributed by atoms with E-state index in [1.807, 2.05) is 6.92 Å². The van der Waals surface area contributed by atoms with Crippen LogP contribution in [0.25, 0.3) is 0 Å². The molecule has 3 atom stereocenters. The van der Waals surface area contributed by atoms with Crippen LogP contribution in [0, 0.1) is 0 Å². The number of hydrogen-bond donors (Lipinski definition) is 0. The highest BCUT2D eigenvalue weighted by Gasteiger charge is 2.43. The largest absolute Gasteiger partial charge is 0.469 e. The van der Waals surface area contributed by atoms with E-state index in [4.69, 9.17) is 14.2 Å². The van der Waals surface area contributed by atoms with Crippen LogP contribution in [0.4, 0.5) is 0 Å². The van der Waals surface area contributed by atoms with E-state index in [0.29, 0.717) is 6.61 Å². The average Bonchev–Trinajstić information content (AvgIpc) is 2.44. The van der Waals surface area contributed by atoms with Crippen molar-refractivity contribution in [1.82, 2.24) is 0 Å². The summed E-state index contributed by atoms with van der Waals surface area (Å²) in [4.78, 5) is 11.5. The van der Waals surface area contributed by atoms with Crippen LogP contribution in [0.15, 0.2) is 24.3 Å². The van der Waals surface area contributed by atoms with Gasteiger partial charge in [0.1, 0.15) is 0 Å². The van der Waals surface area contributed by atoms with Crippen LogP contribution < -0.4 is 0 Å². The van der Waals surface area contributed by atoms with E-state index in [9.17, 15) is 4.79 Å². The van der Waals surface area contributed by atoms with Gasteiger partial charge >= 0.3 is 5.97 Å². The second kappa shape index (κ2) is 5.19. The van der Waals surface area contributed by atoms with E-state index in [1.54, 1.807) is 0 Å². The highest BCUT2D eigenvalue weighted by molar-refractivity contribution is 5.70. The van der Waals surface area contributed by atoms with Gasteiger partial charge in [-0.05, 0) is 18.1 Å². The third kappa shape index (κ3) is 2.58. The molecule has 2 aliphatic rings. The summed E-state index contributed by atoms with van der Waals surface area (Å²) in [5.74, 6) is -0.259. The van der Waals surface area contributed by atoms with E-state index >= 15 is 0 Å². The Hall–Kier alpha value is -1.39. The van der Waals surface area contributed by atoms with E-state index in [2.05, 4.69) is 24.3 Å². The van der Waals surface area contributed by atoms with Gasteiger partial charge in [0.15, 0.2) is 0 Å². The molecule has 1 aromatic rings. The normalized spacial score (nSPS) is 32.1. The van der Waals surface area contributed by atoms with Gasteiger partial charge in [0.05, 0.1) is 37.9 Å². The number of carbonyl (C=O) groups excluding carboxylic acids is 1. The fourth-order valence-electron chi connectivity index (χ4n) is 3.09. The van der Waals surface area contributed by atoms with Crippen molar-refractivity contribution in [2.45, 2.75) is 44.0 Å². The van der Waals surface area contributed by atoms with Crippen LogP contribution in [0.5, 0.6) is 0 Å². The van der Waals surface area contributed by atoms with Crippen molar-refractivity contribution in [2.75, 3.05) is 13.7 Å². The van der Waals surface area contributed by atoms with Crippen molar-refractivity contribution in [3.05, 3.63) is 35.4 Å². The Kier molecular flexibility index (Phi) is 3.52. The summed E-state index contributed by atoms with van der Waals surface area (Å²) in [5, 5.41) is 0. The van der Waals surface area contributed by atoms with E-state index in [0.717, 1.165) is 12.8 Å². The maximum absolute atomic E-state index is 11.5. The van der Waals surface area contributed by atoms with Crippen LogP contribution in [0.3, 0.4) is 0 Å². The molecule has 0 aromatic heterocycles. The molecule has 0 spiro atoms. The fourth-order valence-corrected chi connectivity index (χ4v) is 3.09. The van der Waals surface area contributed by atoms with Crippen molar-refractivity contribution in [2.24, 2.45) is 0 Å². The molecule has 0 radical (unpaired) electrons. The Morgan fingerprint density at radius 3 is 2.60 bits per heavy atom. The summed E-state index contributed by atoms with van der Waals surface area (Å²) < 4.78 is 16.9. The number of ether oxygens (including phenoxy) is 3. The van der Waals surface area contributed by atoms with Gasteiger partial charge < -0.3 is 14.2 Å². The lowest BCUT2D eigenvalue weighted by atomic mass is 9.86. The molecule has 1 saturated heterocycles. The summed E-state index contributed by atoms with van der Waals surface area (Å²) in [6, 6.07) is 8.40. The predicted octanol–water partition coefficient (Wildman–Crippen LogP) is 1.89. The lowest BCUT2D eigenvalue weighted by Gasteiger charge is -2.45. The van der Waals surface area contributed by atoms with Crippen LogP contribution in [0.1, 0.15) is 24.5 Å².